The third-order valence-corrected chi connectivity index (χ3v) is 5.13. The van der Waals surface area contributed by atoms with Crippen molar-refractivity contribution in [3.05, 3.63) is 107 Å². The van der Waals surface area contributed by atoms with Crippen molar-refractivity contribution in [2.75, 3.05) is 7.11 Å². The third kappa shape index (κ3) is 4.59. The van der Waals surface area contributed by atoms with Gasteiger partial charge in [-0.25, -0.2) is 9.48 Å². The second kappa shape index (κ2) is 9.31. The van der Waals surface area contributed by atoms with Gasteiger partial charge in [0.15, 0.2) is 0 Å². The number of nitrogens with one attached hydrogen (secondary N) is 1. The SMILES string of the molecule is COC(=O)c1ccc(CNC(=O)c2cn(-c3ccccc3)nc2-c2ccc(C)cc2)cc1. The number of rotatable bonds is 6. The Bertz CT molecular complexity index is 1230. The van der Waals surface area contributed by atoms with Crippen LogP contribution in [0.5, 0.6) is 0 Å². The molecule has 1 aromatic heterocycles. The van der Waals surface area contributed by atoms with E-state index in [0.717, 1.165) is 22.4 Å². The summed E-state index contributed by atoms with van der Waals surface area (Å²) in [7, 11) is 1.34. The highest BCUT2D eigenvalue weighted by Crippen LogP contribution is 2.24. The Morgan fingerprint density at radius 2 is 1.62 bits per heavy atom. The van der Waals surface area contributed by atoms with E-state index in [4.69, 9.17) is 9.84 Å². The summed E-state index contributed by atoms with van der Waals surface area (Å²) in [6.45, 7) is 2.34. The van der Waals surface area contributed by atoms with Crippen LogP contribution in [0.2, 0.25) is 0 Å². The first-order valence-corrected chi connectivity index (χ1v) is 10.2. The summed E-state index contributed by atoms with van der Waals surface area (Å²) in [5.41, 5.74) is 5.33. The van der Waals surface area contributed by atoms with Gasteiger partial charge in [-0.1, -0.05) is 60.2 Å². The van der Waals surface area contributed by atoms with Crippen molar-refractivity contribution >= 4 is 11.9 Å². The minimum atomic E-state index is -0.392. The number of benzene rings is 3. The number of aromatic nitrogens is 2. The third-order valence-electron chi connectivity index (χ3n) is 5.13. The summed E-state index contributed by atoms with van der Waals surface area (Å²) in [6, 6.07) is 24.6. The van der Waals surface area contributed by atoms with Crippen LogP contribution in [0.4, 0.5) is 0 Å². The lowest BCUT2D eigenvalue weighted by Gasteiger charge is -2.07. The fourth-order valence-corrected chi connectivity index (χ4v) is 3.33. The van der Waals surface area contributed by atoms with Crippen LogP contribution in [-0.4, -0.2) is 28.8 Å². The van der Waals surface area contributed by atoms with Crippen molar-refractivity contribution in [3.8, 4) is 16.9 Å². The molecule has 1 heterocycles. The van der Waals surface area contributed by atoms with Crippen LogP contribution in [-0.2, 0) is 11.3 Å². The lowest BCUT2D eigenvalue weighted by Crippen LogP contribution is -2.23. The second-order valence-electron chi connectivity index (χ2n) is 7.41. The zero-order valence-corrected chi connectivity index (χ0v) is 17.9. The summed E-state index contributed by atoms with van der Waals surface area (Å²) < 4.78 is 6.43. The van der Waals surface area contributed by atoms with Crippen LogP contribution in [0.3, 0.4) is 0 Å². The lowest BCUT2D eigenvalue weighted by molar-refractivity contribution is 0.0600. The Balaban J connectivity index is 1.59. The number of ether oxygens (including phenoxy) is 1. The lowest BCUT2D eigenvalue weighted by atomic mass is 10.1. The maximum Gasteiger partial charge on any atom is 0.337 e. The van der Waals surface area contributed by atoms with Gasteiger partial charge in [0, 0.05) is 18.3 Å². The molecular formula is C26H23N3O3. The number of amides is 1. The molecule has 0 saturated heterocycles. The number of hydrogen-bond donors (Lipinski definition) is 1. The molecule has 0 aliphatic rings. The molecule has 1 N–H and O–H groups in total. The Hall–Kier alpha value is -4.19. The van der Waals surface area contributed by atoms with E-state index >= 15 is 0 Å². The van der Waals surface area contributed by atoms with Crippen LogP contribution in [0.1, 0.15) is 31.8 Å². The van der Waals surface area contributed by atoms with E-state index < -0.39 is 5.97 Å². The zero-order chi connectivity index (χ0) is 22.5. The minimum absolute atomic E-state index is 0.222. The number of carbonyl (C=O) groups excluding carboxylic acids is 2. The summed E-state index contributed by atoms with van der Waals surface area (Å²) in [5, 5.41) is 7.66. The quantitative estimate of drug-likeness (QED) is 0.460. The molecule has 0 saturated carbocycles. The maximum atomic E-state index is 13.1. The Morgan fingerprint density at radius 3 is 2.28 bits per heavy atom. The van der Waals surface area contributed by atoms with Gasteiger partial charge in [-0.05, 0) is 36.8 Å². The maximum absolute atomic E-state index is 13.1. The standard InChI is InChI=1S/C26H23N3O3/c1-18-8-12-20(13-9-18)24-23(17-29(28-24)22-6-4-3-5-7-22)25(30)27-16-19-10-14-21(15-11-19)26(31)32-2/h3-15,17H,16H2,1-2H3,(H,27,30). The van der Waals surface area contributed by atoms with E-state index in [0.29, 0.717) is 23.4 Å². The molecule has 4 aromatic rings. The minimum Gasteiger partial charge on any atom is -0.465 e. The van der Waals surface area contributed by atoms with Gasteiger partial charge in [0.1, 0.15) is 5.69 Å². The van der Waals surface area contributed by atoms with E-state index in [1.54, 1.807) is 35.1 Å². The van der Waals surface area contributed by atoms with Gasteiger partial charge in [-0.15, -0.1) is 0 Å². The van der Waals surface area contributed by atoms with Gasteiger partial charge in [0.2, 0.25) is 0 Å². The predicted octanol–water partition coefficient (Wildman–Crippen LogP) is 4.56. The molecule has 0 radical (unpaired) electrons. The number of para-hydroxylation sites is 1. The summed E-state index contributed by atoms with van der Waals surface area (Å²) in [5.74, 6) is -0.614. The zero-order valence-electron chi connectivity index (χ0n) is 17.9. The van der Waals surface area contributed by atoms with Gasteiger partial charge >= 0.3 is 5.97 Å². The van der Waals surface area contributed by atoms with Gasteiger partial charge in [-0.3, -0.25) is 4.79 Å². The first-order chi connectivity index (χ1) is 15.5. The highest BCUT2D eigenvalue weighted by Gasteiger charge is 2.18. The monoisotopic (exact) mass is 425 g/mol. The van der Waals surface area contributed by atoms with E-state index in [1.807, 2.05) is 61.5 Å². The topological polar surface area (TPSA) is 73.2 Å². The van der Waals surface area contributed by atoms with E-state index in [1.165, 1.54) is 7.11 Å². The molecule has 32 heavy (non-hydrogen) atoms. The van der Waals surface area contributed by atoms with E-state index in [9.17, 15) is 9.59 Å². The molecule has 0 unspecified atom stereocenters. The molecule has 0 aliphatic heterocycles. The van der Waals surface area contributed by atoms with E-state index in [2.05, 4.69) is 5.32 Å². The highest BCUT2D eigenvalue weighted by molar-refractivity contribution is 6.00. The number of aryl methyl sites for hydroxylation is 1. The molecule has 6 nitrogen and oxygen atoms in total. The van der Waals surface area contributed by atoms with Crippen LogP contribution in [0.15, 0.2) is 85.1 Å². The fourth-order valence-electron chi connectivity index (χ4n) is 3.33. The van der Waals surface area contributed by atoms with Crippen molar-refractivity contribution in [1.29, 1.82) is 0 Å². The number of carbonyl (C=O) groups is 2. The normalized spacial score (nSPS) is 10.6. The van der Waals surface area contributed by atoms with Crippen molar-refractivity contribution in [1.82, 2.24) is 15.1 Å². The second-order valence-corrected chi connectivity index (χ2v) is 7.41. The Kier molecular flexibility index (Phi) is 6.12. The average molecular weight is 425 g/mol. The van der Waals surface area contributed by atoms with E-state index in [-0.39, 0.29) is 5.91 Å². The molecule has 0 atom stereocenters. The molecule has 3 aromatic carbocycles. The van der Waals surface area contributed by atoms with Gasteiger partial charge in [0.25, 0.3) is 5.91 Å². The molecule has 0 aliphatic carbocycles. The summed E-state index contributed by atoms with van der Waals surface area (Å²) in [6.07, 6.45) is 1.75. The number of nitrogens with zero attached hydrogens (tertiary/aromatic N) is 2. The summed E-state index contributed by atoms with van der Waals surface area (Å²) >= 11 is 0. The van der Waals surface area contributed by atoms with Gasteiger partial charge in [0.05, 0.1) is 23.9 Å². The van der Waals surface area contributed by atoms with Crippen molar-refractivity contribution in [2.45, 2.75) is 13.5 Å². The highest BCUT2D eigenvalue weighted by atomic mass is 16.5. The van der Waals surface area contributed by atoms with Crippen LogP contribution in [0.25, 0.3) is 16.9 Å². The number of methoxy groups -OCH3 is 1. The largest absolute Gasteiger partial charge is 0.465 e. The van der Waals surface area contributed by atoms with Crippen LogP contribution >= 0.6 is 0 Å². The Morgan fingerprint density at radius 1 is 0.938 bits per heavy atom. The van der Waals surface area contributed by atoms with Crippen LogP contribution < -0.4 is 5.32 Å². The van der Waals surface area contributed by atoms with Gasteiger partial charge < -0.3 is 10.1 Å². The number of hydrogen-bond acceptors (Lipinski definition) is 4. The van der Waals surface area contributed by atoms with Crippen molar-refractivity contribution in [3.63, 3.8) is 0 Å². The Labute approximate surface area is 186 Å². The molecule has 0 bridgehead atoms. The molecular weight excluding hydrogens is 402 g/mol. The first-order valence-electron chi connectivity index (χ1n) is 10.2. The first kappa shape index (κ1) is 21.1. The molecule has 6 heteroatoms. The average Bonchev–Trinajstić information content (AvgIpc) is 3.29. The van der Waals surface area contributed by atoms with Gasteiger partial charge in [-0.2, -0.15) is 5.10 Å². The molecule has 0 spiro atoms. The molecule has 1 amide bonds. The fraction of sp³-hybridized carbons (Fsp3) is 0.115. The summed E-state index contributed by atoms with van der Waals surface area (Å²) in [4.78, 5) is 24.7. The molecule has 160 valence electrons. The number of esters is 1. The van der Waals surface area contributed by atoms with Crippen LogP contribution in [0, 0.1) is 6.92 Å². The molecule has 4 rings (SSSR count). The van der Waals surface area contributed by atoms with Crippen molar-refractivity contribution in [2.24, 2.45) is 0 Å². The van der Waals surface area contributed by atoms with Crippen molar-refractivity contribution < 1.29 is 14.3 Å². The predicted molar refractivity (Wildman–Crippen MR) is 123 cm³/mol. The smallest absolute Gasteiger partial charge is 0.337 e. The molecule has 0 fully saturated rings.